The highest BCUT2D eigenvalue weighted by molar-refractivity contribution is 5.00. The van der Waals surface area contributed by atoms with Gasteiger partial charge in [0.1, 0.15) is 0 Å². The van der Waals surface area contributed by atoms with E-state index in [0.29, 0.717) is 12.1 Å². The molecule has 0 heterocycles. The van der Waals surface area contributed by atoms with Crippen LogP contribution in [-0.2, 0) is 0 Å². The Bertz CT molecular complexity index is 249. The number of aliphatic hydroxyl groups excluding tert-OH is 1. The lowest BCUT2D eigenvalue weighted by Gasteiger charge is -2.34. The highest BCUT2D eigenvalue weighted by atomic mass is 16.3. The van der Waals surface area contributed by atoms with Crippen molar-refractivity contribution in [2.24, 2.45) is 0 Å². The standard InChI is InChI=1S/C17H36N2O/c1-5-7-11-19(12-8-6-2)16-9-10-17(13-16,14-20)18-15(3)4/h15-16,18,20H,5-14H2,1-4H3. The van der Waals surface area contributed by atoms with Crippen molar-refractivity contribution in [2.45, 2.75) is 90.3 Å². The third-order valence-electron chi connectivity index (χ3n) is 4.59. The Morgan fingerprint density at radius 2 is 1.80 bits per heavy atom. The van der Waals surface area contributed by atoms with E-state index in [1.165, 1.54) is 45.2 Å². The van der Waals surface area contributed by atoms with Gasteiger partial charge in [-0.1, -0.05) is 40.5 Å². The van der Waals surface area contributed by atoms with Crippen molar-refractivity contribution in [1.82, 2.24) is 10.2 Å². The van der Waals surface area contributed by atoms with Gasteiger partial charge in [-0.3, -0.25) is 0 Å². The lowest BCUT2D eigenvalue weighted by molar-refractivity contribution is 0.134. The van der Waals surface area contributed by atoms with Crippen molar-refractivity contribution in [3.05, 3.63) is 0 Å². The van der Waals surface area contributed by atoms with Crippen molar-refractivity contribution in [1.29, 1.82) is 0 Å². The predicted molar refractivity (Wildman–Crippen MR) is 87.1 cm³/mol. The second kappa shape index (κ2) is 9.01. The summed E-state index contributed by atoms with van der Waals surface area (Å²) in [5.41, 5.74) is -0.0322. The molecule has 2 N–H and O–H groups in total. The quantitative estimate of drug-likeness (QED) is 0.647. The van der Waals surface area contributed by atoms with Gasteiger partial charge in [-0.25, -0.2) is 0 Å². The molecule has 20 heavy (non-hydrogen) atoms. The number of hydrogen-bond acceptors (Lipinski definition) is 3. The molecule has 3 nitrogen and oxygen atoms in total. The van der Waals surface area contributed by atoms with Gasteiger partial charge in [-0.05, 0) is 45.2 Å². The van der Waals surface area contributed by atoms with Crippen LogP contribution < -0.4 is 5.32 Å². The van der Waals surface area contributed by atoms with Crippen LogP contribution in [0.1, 0.15) is 72.6 Å². The first kappa shape index (κ1) is 17.9. The lowest BCUT2D eigenvalue weighted by atomic mass is 9.97. The summed E-state index contributed by atoms with van der Waals surface area (Å²) in [6, 6.07) is 1.10. The Morgan fingerprint density at radius 1 is 1.20 bits per heavy atom. The molecule has 0 amide bonds. The van der Waals surface area contributed by atoms with Gasteiger partial charge >= 0.3 is 0 Å². The third-order valence-corrected chi connectivity index (χ3v) is 4.59. The molecule has 0 aromatic rings. The average Bonchev–Trinajstić information content (AvgIpc) is 2.83. The molecule has 3 heteroatoms. The minimum Gasteiger partial charge on any atom is -0.394 e. The Labute approximate surface area is 126 Å². The van der Waals surface area contributed by atoms with E-state index in [1.807, 2.05) is 0 Å². The van der Waals surface area contributed by atoms with Gasteiger partial charge in [-0.2, -0.15) is 0 Å². The summed E-state index contributed by atoms with van der Waals surface area (Å²) in [4.78, 5) is 2.69. The minimum atomic E-state index is -0.0322. The summed E-state index contributed by atoms with van der Waals surface area (Å²) < 4.78 is 0. The van der Waals surface area contributed by atoms with Crippen molar-refractivity contribution in [3.63, 3.8) is 0 Å². The van der Waals surface area contributed by atoms with Crippen LogP contribution in [0.3, 0.4) is 0 Å². The maximum absolute atomic E-state index is 9.84. The molecule has 0 radical (unpaired) electrons. The zero-order valence-electron chi connectivity index (χ0n) is 14.1. The largest absolute Gasteiger partial charge is 0.394 e. The fraction of sp³-hybridized carbons (Fsp3) is 1.00. The third kappa shape index (κ3) is 5.34. The van der Waals surface area contributed by atoms with Crippen LogP contribution >= 0.6 is 0 Å². The number of hydrogen-bond donors (Lipinski definition) is 2. The molecule has 1 aliphatic carbocycles. The molecular weight excluding hydrogens is 248 g/mol. The van der Waals surface area contributed by atoms with E-state index in [-0.39, 0.29) is 12.1 Å². The van der Waals surface area contributed by atoms with Gasteiger partial charge < -0.3 is 15.3 Å². The van der Waals surface area contributed by atoms with Crippen LogP contribution in [0.5, 0.6) is 0 Å². The Morgan fingerprint density at radius 3 is 2.25 bits per heavy atom. The molecule has 1 aliphatic rings. The van der Waals surface area contributed by atoms with Crippen molar-refractivity contribution < 1.29 is 5.11 Å². The zero-order chi connectivity index (χ0) is 15.0. The van der Waals surface area contributed by atoms with E-state index in [9.17, 15) is 5.11 Å². The molecule has 0 bridgehead atoms. The first-order chi connectivity index (χ1) is 9.56. The van der Waals surface area contributed by atoms with Crippen LogP contribution in [0, 0.1) is 0 Å². The first-order valence-corrected chi connectivity index (χ1v) is 8.69. The van der Waals surface area contributed by atoms with Crippen LogP contribution in [-0.4, -0.2) is 47.3 Å². The second-order valence-electron chi connectivity index (χ2n) is 6.88. The molecule has 120 valence electrons. The van der Waals surface area contributed by atoms with E-state index < -0.39 is 0 Å². The second-order valence-corrected chi connectivity index (χ2v) is 6.88. The predicted octanol–water partition coefficient (Wildman–Crippen LogP) is 3.17. The minimum absolute atomic E-state index is 0.0322. The van der Waals surface area contributed by atoms with Crippen molar-refractivity contribution in [2.75, 3.05) is 19.7 Å². The fourth-order valence-electron chi connectivity index (χ4n) is 3.54. The molecule has 1 fully saturated rings. The average molecular weight is 284 g/mol. The van der Waals surface area contributed by atoms with Crippen molar-refractivity contribution in [3.8, 4) is 0 Å². The van der Waals surface area contributed by atoms with Gasteiger partial charge in [0.05, 0.1) is 6.61 Å². The summed E-state index contributed by atoms with van der Waals surface area (Å²) in [7, 11) is 0. The monoisotopic (exact) mass is 284 g/mol. The summed E-state index contributed by atoms with van der Waals surface area (Å²) >= 11 is 0. The Hall–Kier alpha value is -0.120. The van der Waals surface area contributed by atoms with E-state index in [1.54, 1.807) is 0 Å². The molecule has 0 spiro atoms. The normalized spacial score (nSPS) is 26.9. The molecule has 0 saturated heterocycles. The lowest BCUT2D eigenvalue weighted by Crippen LogP contribution is -2.51. The smallest absolute Gasteiger partial charge is 0.0614 e. The van der Waals surface area contributed by atoms with Crippen LogP contribution in [0.15, 0.2) is 0 Å². The molecule has 0 aromatic heterocycles. The van der Waals surface area contributed by atoms with Gasteiger partial charge in [0.2, 0.25) is 0 Å². The van der Waals surface area contributed by atoms with Crippen LogP contribution in [0.2, 0.25) is 0 Å². The summed E-state index contributed by atoms with van der Waals surface area (Å²) in [5.74, 6) is 0. The molecule has 2 unspecified atom stereocenters. The van der Waals surface area contributed by atoms with Crippen LogP contribution in [0.25, 0.3) is 0 Å². The van der Waals surface area contributed by atoms with Crippen molar-refractivity contribution >= 4 is 0 Å². The van der Waals surface area contributed by atoms with E-state index in [0.717, 1.165) is 12.8 Å². The Kier molecular flexibility index (Phi) is 8.08. The van der Waals surface area contributed by atoms with Gasteiger partial charge in [0.25, 0.3) is 0 Å². The Balaban J connectivity index is 2.59. The topological polar surface area (TPSA) is 35.5 Å². The summed E-state index contributed by atoms with van der Waals surface area (Å²) in [6.07, 6.45) is 8.58. The molecule has 0 aliphatic heterocycles. The highest BCUT2D eigenvalue weighted by Gasteiger charge is 2.40. The molecule has 0 aromatic carbocycles. The van der Waals surface area contributed by atoms with E-state index in [4.69, 9.17) is 0 Å². The summed E-state index contributed by atoms with van der Waals surface area (Å²) in [5, 5.41) is 13.5. The number of unbranched alkanes of at least 4 members (excludes halogenated alkanes) is 2. The van der Waals surface area contributed by atoms with E-state index in [2.05, 4.69) is 37.9 Å². The zero-order valence-corrected chi connectivity index (χ0v) is 14.1. The number of nitrogens with one attached hydrogen (secondary N) is 1. The number of nitrogens with zero attached hydrogens (tertiary/aromatic N) is 1. The molecule has 2 atom stereocenters. The summed E-state index contributed by atoms with van der Waals surface area (Å²) in [6.45, 7) is 11.6. The van der Waals surface area contributed by atoms with Gasteiger partial charge in [-0.15, -0.1) is 0 Å². The number of aliphatic hydroxyl groups is 1. The van der Waals surface area contributed by atoms with Gasteiger partial charge in [0, 0.05) is 17.6 Å². The van der Waals surface area contributed by atoms with Gasteiger partial charge in [0.15, 0.2) is 0 Å². The number of rotatable bonds is 10. The fourth-order valence-corrected chi connectivity index (χ4v) is 3.54. The molecule has 1 rings (SSSR count). The first-order valence-electron chi connectivity index (χ1n) is 8.69. The maximum atomic E-state index is 9.84. The molecule has 1 saturated carbocycles. The SMILES string of the molecule is CCCCN(CCCC)C1CCC(CO)(NC(C)C)C1. The maximum Gasteiger partial charge on any atom is 0.0614 e. The molecular formula is C17H36N2O. The van der Waals surface area contributed by atoms with E-state index >= 15 is 0 Å². The van der Waals surface area contributed by atoms with Crippen LogP contribution in [0.4, 0.5) is 0 Å². The highest BCUT2D eigenvalue weighted by Crippen LogP contribution is 2.33.